The molecule has 1 aromatic heterocycles. The van der Waals surface area contributed by atoms with Crippen molar-refractivity contribution in [3.63, 3.8) is 0 Å². The third kappa shape index (κ3) is 3.06. The van der Waals surface area contributed by atoms with Crippen LogP contribution >= 0.6 is 11.8 Å². The third-order valence-electron chi connectivity index (χ3n) is 2.02. The molecule has 0 aromatic carbocycles. The number of carbonyl (C=O) groups is 2. The van der Waals surface area contributed by atoms with Crippen LogP contribution in [0.25, 0.3) is 0 Å². The molecule has 0 spiro atoms. The molecule has 0 saturated carbocycles. The van der Waals surface area contributed by atoms with E-state index in [0.717, 1.165) is 5.75 Å². The van der Waals surface area contributed by atoms with Gasteiger partial charge in [0.15, 0.2) is 5.17 Å². The predicted octanol–water partition coefficient (Wildman–Crippen LogP) is -0.200. The van der Waals surface area contributed by atoms with E-state index in [9.17, 15) is 9.59 Å². The summed E-state index contributed by atoms with van der Waals surface area (Å²) in [7, 11) is 0. The van der Waals surface area contributed by atoms with Crippen LogP contribution in [0.5, 0.6) is 0 Å². The number of rotatable bonds is 3. The van der Waals surface area contributed by atoms with E-state index in [1.807, 2.05) is 0 Å². The summed E-state index contributed by atoms with van der Waals surface area (Å²) in [4.78, 5) is 26.2. The number of aliphatic imine (C=N–C) groups is 1. The molecule has 2 rings (SSSR count). The zero-order valence-electron chi connectivity index (χ0n) is 8.79. The number of hydrogen-bond donors (Lipinski definition) is 2. The van der Waals surface area contributed by atoms with Crippen molar-refractivity contribution in [2.45, 2.75) is 6.54 Å². The van der Waals surface area contributed by atoms with Crippen molar-refractivity contribution in [2.75, 3.05) is 12.3 Å². The van der Waals surface area contributed by atoms with Crippen molar-refractivity contribution in [2.24, 2.45) is 4.99 Å². The molecule has 0 saturated heterocycles. The van der Waals surface area contributed by atoms with Crippen molar-refractivity contribution in [1.29, 1.82) is 0 Å². The first-order valence-corrected chi connectivity index (χ1v) is 5.86. The maximum Gasteiger partial charge on any atom is 0.338 e. The number of aromatic nitrogens is 2. The number of amides is 1. The van der Waals surface area contributed by atoms with Crippen LogP contribution in [0.3, 0.4) is 0 Å². The van der Waals surface area contributed by atoms with Gasteiger partial charge < -0.3 is 10.4 Å². The molecule has 8 heteroatoms. The molecule has 17 heavy (non-hydrogen) atoms. The Morgan fingerprint density at radius 3 is 3.00 bits per heavy atom. The first-order chi connectivity index (χ1) is 8.15. The van der Waals surface area contributed by atoms with Gasteiger partial charge in [-0.25, -0.2) is 4.79 Å². The quantitative estimate of drug-likeness (QED) is 0.778. The molecule has 2 N–H and O–H groups in total. The fraction of sp³-hybridized carbons (Fsp3) is 0.333. The highest BCUT2D eigenvalue weighted by molar-refractivity contribution is 8.14. The van der Waals surface area contributed by atoms with Crippen LogP contribution in [0.2, 0.25) is 0 Å². The van der Waals surface area contributed by atoms with Crippen LogP contribution in [0.15, 0.2) is 17.4 Å². The van der Waals surface area contributed by atoms with Crippen molar-refractivity contribution in [3.8, 4) is 0 Å². The molecule has 0 aliphatic carbocycles. The van der Waals surface area contributed by atoms with Gasteiger partial charge in [-0.1, -0.05) is 11.8 Å². The molecule has 0 bridgehead atoms. The lowest BCUT2D eigenvalue weighted by atomic mass is 10.4. The molecule has 7 nitrogen and oxygen atoms in total. The van der Waals surface area contributed by atoms with Gasteiger partial charge in [-0.05, 0) is 0 Å². The van der Waals surface area contributed by atoms with Crippen LogP contribution in [-0.4, -0.2) is 44.2 Å². The lowest BCUT2D eigenvalue weighted by Crippen LogP contribution is -2.30. The van der Waals surface area contributed by atoms with Crippen LogP contribution in [0, 0.1) is 0 Å². The minimum atomic E-state index is -1.06. The number of nitrogens with one attached hydrogen (secondary N) is 1. The van der Waals surface area contributed by atoms with E-state index in [2.05, 4.69) is 15.4 Å². The zero-order valence-corrected chi connectivity index (χ0v) is 9.61. The molecule has 0 fully saturated rings. The van der Waals surface area contributed by atoms with Crippen LogP contribution in [0.4, 0.5) is 0 Å². The second kappa shape index (κ2) is 5.00. The van der Waals surface area contributed by atoms with E-state index in [-0.39, 0.29) is 18.0 Å². The van der Waals surface area contributed by atoms with Crippen LogP contribution < -0.4 is 5.32 Å². The molecule has 1 aliphatic rings. The zero-order chi connectivity index (χ0) is 12.3. The maximum absolute atomic E-state index is 11.5. The van der Waals surface area contributed by atoms with E-state index in [1.165, 1.54) is 28.8 Å². The lowest BCUT2D eigenvalue weighted by molar-refractivity contribution is -0.120. The summed E-state index contributed by atoms with van der Waals surface area (Å²) in [6.07, 6.45) is 2.52. The van der Waals surface area contributed by atoms with E-state index in [0.29, 0.717) is 11.7 Å². The SMILES string of the molecule is O=C(Cn1cc(C(=O)O)cn1)NC1=NCCS1. The van der Waals surface area contributed by atoms with Crippen molar-refractivity contribution < 1.29 is 14.7 Å². The second-order valence-electron chi connectivity index (χ2n) is 3.32. The lowest BCUT2D eigenvalue weighted by Gasteiger charge is -2.03. The summed E-state index contributed by atoms with van der Waals surface area (Å²) in [5, 5.41) is 15.7. The average Bonchev–Trinajstić information content (AvgIpc) is 2.88. The fourth-order valence-corrected chi connectivity index (χ4v) is 2.02. The Morgan fingerprint density at radius 2 is 2.41 bits per heavy atom. The van der Waals surface area contributed by atoms with E-state index in [4.69, 9.17) is 5.11 Å². The third-order valence-corrected chi connectivity index (χ3v) is 2.91. The number of thioether (sulfide) groups is 1. The van der Waals surface area contributed by atoms with Gasteiger partial charge in [0.05, 0.1) is 18.3 Å². The van der Waals surface area contributed by atoms with Gasteiger partial charge >= 0.3 is 5.97 Å². The normalized spacial score (nSPS) is 14.5. The number of carboxylic acid groups (broad SMARTS) is 1. The molecule has 1 aliphatic heterocycles. The number of hydrogen-bond acceptors (Lipinski definition) is 5. The van der Waals surface area contributed by atoms with Crippen LogP contribution in [-0.2, 0) is 11.3 Å². The Balaban J connectivity index is 1.91. The molecule has 2 heterocycles. The second-order valence-corrected chi connectivity index (χ2v) is 4.40. The van der Waals surface area contributed by atoms with Crippen molar-refractivity contribution >= 4 is 28.8 Å². The first-order valence-electron chi connectivity index (χ1n) is 4.88. The monoisotopic (exact) mass is 254 g/mol. The summed E-state index contributed by atoms with van der Waals surface area (Å²) in [5.41, 5.74) is 0.0605. The van der Waals surface area contributed by atoms with Gasteiger partial charge in [-0.3, -0.25) is 14.5 Å². The van der Waals surface area contributed by atoms with Gasteiger partial charge in [-0.2, -0.15) is 5.10 Å². The highest BCUT2D eigenvalue weighted by Gasteiger charge is 2.12. The van der Waals surface area contributed by atoms with Gasteiger partial charge in [0.2, 0.25) is 5.91 Å². The van der Waals surface area contributed by atoms with Gasteiger partial charge in [0.1, 0.15) is 6.54 Å². The van der Waals surface area contributed by atoms with Crippen molar-refractivity contribution in [1.82, 2.24) is 15.1 Å². The van der Waals surface area contributed by atoms with E-state index < -0.39 is 5.97 Å². The molecule has 1 aromatic rings. The van der Waals surface area contributed by atoms with E-state index >= 15 is 0 Å². The molecule has 0 atom stereocenters. The summed E-state index contributed by atoms with van der Waals surface area (Å²) < 4.78 is 1.28. The molecule has 90 valence electrons. The van der Waals surface area contributed by atoms with Crippen molar-refractivity contribution in [3.05, 3.63) is 18.0 Å². The summed E-state index contributed by atoms with van der Waals surface area (Å²) in [6, 6.07) is 0. The standard InChI is InChI=1S/C9H10N4O3S/c14-7(12-9-10-1-2-17-9)5-13-4-6(3-11-13)8(15)16/h3-4H,1-2,5H2,(H,15,16)(H,10,12,14). The summed E-state index contributed by atoms with van der Waals surface area (Å²) >= 11 is 1.49. The smallest absolute Gasteiger partial charge is 0.338 e. The largest absolute Gasteiger partial charge is 0.478 e. The summed E-state index contributed by atoms with van der Waals surface area (Å²) in [6.45, 7) is 0.693. The number of carbonyl (C=O) groups excluding carboxylic acids is 1. The Morgan fingerprint density at radius 1 is 1.59 bits per heavy atom. The van der Waals surface area contributed by atoms with Crippen LogP contribution in [0.1, 0.15) is 10.4 Å². The summed E-state index contributed by atoms with van der Waals surface area (Å²) in [5.74, 6) is -0.453. The maximum atomic E-state index is 11.5. The molecule has 1 amide bonds. The molecular weight excluding hydrogens is 244 g/mol. The van der Waals surface area contributed by atoms with Gasteiger partial charge in [0, 0.05) is 11.9 Å². The highest BCUT2D eigenvalue weighted by Crippen LogP contribution is 2.08. The van der Waals surface area contributed by atoms with E-state index in [1.54, 1.807) is 0 Å². The Bertz CT molecular complexity index is 482. The predicted molar refractivity (Wildman–Crippen MR) is 62.1 cm³/mol. The average molecular weight is 254 g/mol. The highest BCUT2D eigenvalue weighted by atomic mass is 32.2. The molecule has 0 unspecified atom stereocenters. The van der Waals surface area contributed by atoms with Gasteiger partial charge in [-0.15, -0.1) is 0 Å². The minimum Gasteiger partial charge on any atom is -0.478 e. The first kappa shape index (κ1) is 11.6. The minimum absolute atomic E-state index is 0.0210. The number of amidine groups is 1. The molecule has 0 radical (unpaired) electrons. The number of aromatic carboxylic acids is 1. The number of carboxylic acids is 1. The topological polar surface area (TPSA) is 96.6 Å². The number of nitrogens with zero attached hydrogens (tertiary/aromatic N) is 3. The van der Waals surface area contributed by atoms with Gasteiger partial charge in [0.25, 0.3) is 0 Å². The molecular formula is C9H10N4O3S. The fourth-order valence-electron chi connectivity index (χ4n) is 1.28. The Labute approximate surface area is 101 Å². The Hall–Kier alpha value is -1.83. The Kier molecular flexibility index (Phi) is 3.43.